The van der Waals surface area contributed by atoms with Gasteiger partial charge < -0.3 is 10.2 Å². The number of hydrogen-bond donors (Lipinski definition) is 1. The van der Waals surface area contributed by atoms with Crippen LogP contribution in [0.2, 0.25) is 0 Å². The van der Waals surface area contributed by atoms with E-state index >= 15 is 0 Å². The molecule has 2 amide bonds. The van der Waals surface area contributed by atoms with Gasteiger partial charge in [-0.3, -0.25) is 9.59 Å². The molecular formula is C28H34N2O2. The Bertz CT molecular complexity index is 1020. The monoisotopic (exact) mass is 430 g/mol. The molecule has 4 rings (SSSR count). The predicted octanol–water partition coefficient (Wildman–Crippen LogP) is 6.13. The molecule has 1 heterocycles. The van der Waals surface area contributed by atoms with Crippen LogP contribution >= 0.6 is 0 Å². The number of nitrogens with zero attached hydrogens (tertiary/aromatic N) is 1. The van der Waals surface area contributed by atoms with E-state index in [0.717, 1.165) is 61.8 Å². The van der Waals surface area contributed by atoms with Gasteiger partial charge in [0, 0.05) is 29.8 Å². The lowest BCUT2D eigenvalue weighted by Gasteiger charge is -2.34. The van der Waals surface area contributed by atoms with Crippen molar-refractivity contribution in [2.45, 2.75) is 71.4 Å². The third kappa shape index (κ3) is 4.50. The highest BCUT2D eigenvalue weighted by molar-refractivity contribution is 5.99. The van der Waals surface area contributed by atoms with Gasteiger partial charge in [-0.05, 0) is 85.9 Å². The second-order valence-electron chi connectivity index (χ2n) is 9.25. The van der Waals surface area contributed by atoms with Gasteiger partial charge in [-0.2, -0.15) is 0 Å². The van der Waals surface area contributed by atoms with Gasteiger partial charge in [0.1, 0.15) is 0 Å². The zero-order valence-electron chi connectivity index (χ0n) is 19.3. The highest BCUT2D eigenvalue weighted by Crippen LogP contribution is 2.34. The smallest absolute Gasteiger partial charge is 0.254 e. The van der Waals surface area contributed by atoms with Gasteiger partial charge in [-0.15, -0.1) is 0 Å². The third-order valence-electron chi connectivity index (χ3n) is 7.17. The SMILES string of the molecule is C=Cc1ccc(NC(=O)C2CCC(N3Cc4c(C)cccc4C3=O)CC2)cc1CCCC. The van der Waals surface area contributed by atoms with Crippen LogP contribution in [0.3, 0.4) is 0 Å². The molecule has 0 spiro atoms. The molecule has 1 aliphatic heterocycles. The van der Waals surface area contributed by atoms with E-state index in [4.69, 9.17) is 0 Å². The van der Waals surface area contributed by atoms with Crippen LogP contribution in [0.5, 0.6) is 0 Å². The minimum Gasteiger partial charge on any atom is -0.331 e. The van der Waals surface area contributed by atoms with E-state index in [1.54, 1.807) is 0 Å². The Kier molecular flexibility index (Phi) is 6.78. The molecule has 32 heavy (non-hydrogen) atoms. The summed E-state index contributed by atoms with van der Waals surface area (Å²) in [7, 11) is 0. The fourth-order valence-electron chi connectivity index (χ4n) is 5.16. The lowest BCUT2D eigenvalue weighted by molar-refractivity contribution is -0.121. The number of carbonyl (C=O) groups excluding carboxylic acids is 2. The number of amides is 2. The minimum absolute atomic E-state index is 0.00578. The molecule has 2 aromatic rings. The number of fused-ring (bicyclic) bond motifs is 1. The summed E-state index contributed by atoms with van der Waals surface area (Å²) in [5.41, 5.74) is 6.46. The Morgan fingerprint density at radius 1 is 1.19 bits per heavy atom. The molecule has 1 saturated carbocycles. The summed E-state index contributed by atoms with van der Waals surface area (Å²) in [4.78, 5) is 27.9. The highest BCUT2D eigenvalue weighted by Gasteiger charge is 2.36. The van der Waals surface area contributed by atoms with Crippen LogP contribution in [0.1, 0.15) is 78.1 Å². The van der Waals surface area contributed by atoms with Gasteiger partial charge in [0.2, 0.25) is 5.91 Å². The Balaban J connectivity index is 1.35. The average Bonchev–Trinajstić information content (AvgIpc) is 3.15. The molecule has 0 atom stereocenters. The van der Waals surface area contributed by atoms with Gasteiger partial charge in [-0.1, -0.05) is 44.2 Å². The van der Waals surface area contributed by atoms with Crippen LogP contribution in [0.25, 0.3) is 6.08 Å². The van der Waals surface area contributed by atoms with E-state index in [2.05, 4.69) is 37.9 Å². The molecule has 2 aliphatic rings. The number of anilines is 1. The van der Waals surface area contributed by atoms with Gasteiger partial charge >= 0.3 is 0 Å². The first-order chi connectivity index (χ1) is 15.5. The van der Waals surface area contributed by atoms with Crippen LogP contribution < -0.4 is 5.32 Å². The number of hydrogen-bond acceptors (Lipinski definition) is 2. The Morgan fingerprint density at radius 3 is 2.66 bits per heavy atom. The Morgan fingerprint density at radius 2 is 1.97 bits per heavy atom. The summed E-state index contributed by atoms with van der Waals surface area (Å²) in [6, 6.07) is 12.3. The van der Waals surface area contributed by atoms with Crippen LogP contribution in [-0.4, -0.2) is 22.8 Å². The molecule has 1 aliphatic carbocycles. The molecule has 1 fully saturated rings. The quantitative estimate of drug-likeness (QED) is 0.574. The van der Waals surface area contributed by atoms with Crippen molar-refractivity contribution < 1.29 is 9.59 Å². The van der Waals surface area contributed by atoms with E-state index in [0.29, 0.717) is 6.54 Å². The number of benzene rings is 2. The first kappa shape index (κ1) is 22.3. The molecule has 4 nitrogen and oxygen atoms in total. The van der Waals surface area contributed by atoms with Crippen LogP contribution in [0, 0.1) is 12.8 Å². The maximum absolute atomic E-state index is 13.0. The third-order valence-corrected chi connectivity index (χ3v) is 7.17. The Hall–Kier alpha value is -2.88. The van der Waals surface area contributed by atoms with Crippen molar-refractivity contribution in [3.05, 3.63) is 70.8 Å². The maximum Gasteiger partial charge on any atom is 0.254 e. The molecule has 0 radical (unpaired) electrons. The van der Waals surface area contributed by atoms with Crippen molar-refractivity contribution in [2.24, 2.45) is 5.92 Å². The maximum atomic E-state index is 13.0. The number of aryl methyl sites for hydroxylation is 2. The first-order valence-corrected chi connectivity index (χ1v) is 12.0. The number of carbonyl (C=O) groups is 2. The second kappa shape index (κ2) is 9.72. The van der Waals surface area contributed by atoms with Crippen molar-refractivity contribution in [1.82, 2.24) is 4.90 Å². The zero-order valence-corrected chi connectivity index (χ0v) is 19.3. The second-order valence-corrected chi connectivity index (χ2v) is 9.25. The van der Waals surface area contributed by atoms with E-state index in [1.165, 1.54) is 16.7 Å². The van der Waals surface area contributed by atoms with Crippen molar-refractivity contribution in [3.63, 3.8) is 0 Å². The van der Waals surface area contributed by atoms with Gasteiger partial charge in [-0.25, -0.2) is 0 Å². The largest absolute Gasteiger partial charge is 0.331 e. The standard InChI is InChI=1S/C28H34N2O2/c1-4-6-9-22-17-23(14-11-20(22)5-2)29-27(31)21-12-15-24(16-13-21)30-18-26-19(3)8-7-10-25(26)28(30)32/h5,7-8,10-11,14,17,21,24H,2,4,6,9,12-13,15-16,18H2,1,3H3,(H,29,31). The van der Waals surface area contributed by atoms with E-state index < -0.39 is 0 Å². The summed E-state index contributed by atoms with van der Waals surface area (Å²) in [6.45, 7) is 8.88. The van der Waals surface area contributed by atoms with E-state index in [1.807, 2.05) is 35.2 Å². The summed E-state index contributed by atoms with van der Waals surface area (Å²) in [5.74, 6) is 0.257. The Labute approximate surface area is 191 Å². The number of unbranched alkanes of at least 4 members (excludes halogenated alkanes) is 1. The van der Waals surface area contributed by atoms with E-state index in [9.17, 15) is 9.59 Å². The molecule has 0 bridgehead atoms. The lowest BCUT2D eigenvalue weighted by atomic mass is 9.84. The van der Waals surface area contributed by atoms with Crippen LogP contribution in [0.4, 0.5) is 5.69 Å². The van der Waals surface area contributed by atoms with Crippen LogP contribution in [0.15, 0.2) is 43.0 Å². The first-order valence-electron chi connectivity index (χ1n) is 12.0. The highest BCUT2D eigenvalue weighted by atomic mass is 16.2. The molecule has 0 aromatic heterocycles. The summed E-state index contributed by atoms with van der Waals surface area (Å²) >= 11 is 0. The van der Waals surface area contributed by atoms with Crippen molar-refractivity contribution in [2.75, 3.05) is 5.32 Å². The normalized spacial score (nSPS) is 20.2. The zero-order chi connectivity index (χ0) is 22.7. The molecule has 168 valence electrons. The lowest BCUT2D eigenvalue weighted by Crippen LogP contribution is -2.40. The molecule has 1 N–H and O–H groups in total. The summed E-state index contributed by atoms with van der Waals surface area (Å²) in [6.07, 6.45) is 8.56. The van der Waals surface area contributed by atoms with Crippen LogP contribution in [-0.2, 0) is 17.8 Å². The molecule has 0 saturated heterocycles. The molecule has 2 aromatic carbocycles. The van der Waals surface area contributed by atoms with E-state index in [-0.39, 0.29) is 23.8 Å². The van der Waals surface area contributed by atoms with Gasteiger partial charge in [0.15, 0.2) is 0 Å². The topological polar surface area (TPSA) is 49.4 Å². The average molecular weight is 431 g/mol. The summed E-state index contributed by atoms with van der Waals surface area (Å²) < 4.78 is 0. The molecular weight excluding hydrogens is 396 g/mol. The van der Waals surface area contributed by atoms with Gasteiger partial charge in [0.25, 0.3) is 5.91 Å². The molecule has 0 unspecified atom stereocenters. The van der Waals surface area contributed by atoms with Gasteiger partial charge in [0.05, 0.1) is 0 Å². The van der Waals surface area contributed by atoms with Crippen molar-refractivity contribution in [3.8, 4) is 0 Å². The fourth-order valence-corrected chi connectivity index (χ4v) is 5.16. The fraction of sp³-hybridized carbons (Fsp3) is 0.429. The van der Waals surface area contributed by atoms with Crippen molar-refractivity contribution >= 4 is 23.6 Å². The predicted molar refractivity (Wildman–Crippen MR) is 131 cm³/mol. The minimum atomic E-state index is 0.00578. The number of nitrogens with one attached hydrogen (secondary N) is 1. The summed E-state index contributed by atoms with van der Waals surface area (Å²) in [5, 5.41) is 3.14. The number of rotatable bonds is 7. The molecule has 4 heteroatoms. The van der Waals surface area contributed by atoms with Crippen molar-refractivity contribution in [1.29, 1.82) is 0 Å².